The number of nitrogens with zero attached hydrogens (tertiary/aromatic N) is 2. The van der Waals surface area contributed by atoms with Crippen LogP contribution in [0, 0.1) is 19.7 Å². The van der Waals surface area contributed by atoms with Crippen LogP contribution in [-0.2, 0) is 12.8 Å². The maximum atomic E-state index is 13.3. The van der Waals surface area contributed by atoms with Gasteiger partial charge in [0.15, 0.2) is 5.16 Å². The van der Waals surface area contributed by atoms with Gasteiger partial charge in [-0.15, -0.1) is 0 Å². The predicted molar refractivity (Wildman–Crippen MR) is 109 cm³/mol. The molecule has 1 aromatic heterocycles. The predicted octanol–water partition coefficient (Wildman–Crippen LogP) is 4.08. The van der Waals surface area contributed by atoms with Gasteiger partial charge in [0.05, 0.1) is 0 Å². The summed E-state index contributed by atoms with van der Waals surface area (Å²) in [4.78, 5) is 29.3. The van der Waals surface area contributed by atoms with Crippen molar-refractivity contribution in [1.82, 2.24) is 9.55 Å². The van der Waals surface area contributed by atoms with Crippen molar-refractivity contribution in [2.45, 2.75) is 24.8 Å². The van der Waals surface area contributed by atoms with Gasteiger partial charge in [-0.25, -0.2) is 9.37 Å². The molecule has 28 heavy (non-hydrogen) atoms. The lowest BCUT2D eigenvalue weighted by Gasteiger charge is -2.10. The highest BCUT2D eigenvalue weighted by Crippen LogP contribution is 2.20. The van der Waals surface area contributed by atoms with Gasteiger partial charge in [-0.2, -0.15) is 0 Å². The topological polar surface area (TPSA) is 64.0 Å². The smallest absolute Gasteiger partial charge is 0.266 e. The van der Waals surface area contributed by atoms with Gasteiger partial charge in [0.25, 0.3) is 11.5 Å². The van der Waals surface area contributed by atoms with Crippen LogP contribution in [0.4, 0.5) is 10.1 Å². The molecule has 0 aliphatic heterocycles. The summed E-state index contributed by atoms with van der Waals surface area (Å²) < 4.78 is 14.6. The molecule has 2 aromatic carbocycles. The van der Waals surface area contributed by atoms with Crippen LogP contribution in [-0.4, -0.2) is 15.5 Å². The lowest BCUT2D eigenvalue weighted by Crippen LogP contribution is -2.29. The molecule has 0 aliphatic carbocycles. The monoisotopic (exact) mass is 397 g/mol. The molecule has 0 atom stereocenters. The van der Waals surface area contributed by atoms with Crippen molar-refractivity contribution in [3.63, 3.8) is 0 Å². The standard InChI is InChI=1S/C21H20FN3O2S/c1-13-7-8-17(9-14(13)2)24-19(26)18-11-23-21(25(3)20(18)27)28-12-15-5-4-6-16(22)10-15/h4-11H,12H2,1-3H3,(H,24,26). The molecule has 0 spiro atoms. The molecule has 3 aromatic rings. The van der Waals surface area contributed by atoms with Crippen LogP contribution in [0.25, 0.3) is 0 Å². The van der Waals surface area contributed by atoms with Gasteiger partial charge in [-0.05, 0) is 54.8 Å². The minimum absolute atomic E-state index is 0.0316. The van der Waals surface area contributed by atoms with E-state index in [2.05, 4.69) is 10.3 Å². The number of anilines is 1. The van der Waals surface area contributed by atoms with Crippen LogP contribution in [0.5, 0.6) is 0 Å². The van der Waals surface area contributed by atoms with E-state index in [-0.39, 0.29) is 11.4 Å². The second kappa shape index (κ2) is 8.39. The van der Waals surface area contributed by atoms with E-state index in [9.17, 15) is 14.0 Å². The zero-order valence-corrected chi connectivity index (χ0v) is 16.6. The lowest BCUT2D eigenvalue weighted by atomic mass is 10.1. The first-order chi connectivity index (χ1) is 13.3. The number of rotatable bonds is 5. The molecule has 0 radical (unpaired) electrons. The summed E-state index contributed by atoms with van der Waals surface area (Å²) in [6.07, 6.45) is 1.28. The van der Waals surface area contributed by atoms with E-state index in [1.807, 2.05) is 26.0 Å². The fourth-order valence-corrected chi connectivity index (χ4v) is 3.49. The molecule has 0 aliphatic rings. The summed E-state index contributed by atoms with van der Waals surface area (Å²) >= 11 is 1.30. The molecule has 1 amide bonds. The Morgan fingerprint density at radius 2 is 1.96 bits per heavy atom. The number of aryl methyl sites for hydroxylation is 2. The Morgan fingerprint density at radius 1 is 1.18 bits per heavy atom. The van der Waals surface area contributed by atoms with Crippen molar-refractivity contribution >= 4 is 23.4 Å². The minimum Gasteiger partial charge on any atom is -0.322 e. The van der Waals surface area contributed by atoms with Crippen LogP contribution >= 0.6 is 11.8 Å². The summed E-state index contributed by atoms with van der Waals surface area (Å²) in [6.45, 7) is 3.94. The summed E-state index contributed by atoms with van der Waals surface area (Å²) in [5.74, 6) is -0.344. The van der Waals surface area contributed by atoms with Gasteiger partial charge >= 0.3 is 0 Å². The molecule has 0 fully saturated rings. The summed E-state index contributed by atoms with van der Waals surface area (Å²) in [5, 5.41) is 3.19. The number of hydrogen-bond donors (Lipinski definition) is 1. The number of benzene rings is 2. The normalized spacial score (nSPS) is 10.7. The maximum Gasteiger partial charge on any atom is 0.266 e. The number of halogens is 1. The summed E-state index contributed by atoms with van der Waals surface area (Å²) in [5.41, 5.74) is 3.12. The van der Waals surface area contributed by atoms with E-state index < -0.39 is 11.5 Å². The van der Waals surface area contributed by atoms with Gasteiger partial charge in [-0.1, -0.05) is 30.0 Å². The van der Waals surface area contributed by atoms with Crippen molar-refractivity contribution < 1.29 is 9.18 Å². The average molecular weight is 397 g/mol. The van der Waals surface area contributed by atoms with Gasteiger partial charge < -0.3 is 5.32 Å². The fourth-order valence-electron chi connectivity index (χ4n) is 2.61. The highest BCUT2D eigenvalue weighted by Gasteiger charge is 2.15. The number of aromatic nitrogens is 2. The first-order valence-electron chi connectivity index (χ1n) is 8.67. The van der Waals surface area contributed by atoms with E-state index in [4.69, 9.17) is 0 Å². The Balaban J connectivity index is 1.76. The fraction of sp³-hybridized carbons (Fsp3) is 0.190. The number of nitrogens with one attached hydrogen (secondary N) is 1. The zero-order valence-electron chi connectivity index (χ0n) is 15.8. The second-order valence-electron chi connectivity index (χ2n) is 6.49. The summed E-state index contributed by atoms with van der Waals surface area (Å²) in [6, 6.07) is 11.8. The van der Waals surface area contributed by atoms with Gasteiger partial charge in [0.2, 0.25) is 0 Å². The first kappa shape index (κ1) is 19.8. The van der Waals surface area contributed by atoms with E-state index in [1.165, 1.54) is 34.7 Å². The van der Waals surface area contributed by atoms with Crippen LogP contribution in [0.1, 0.15) is 27.0 Å². The molecule has 0 bridgehead atoms. The Kier molecular flexibility index (Phi) is 5.94. The Bertz CT molecular complexity index is 1100. The largest absolute Gasteiger partial charge is 0.322 e. The van der Waals surface area contributed by atoms with Gasteiger partial charge in [0, 0.05) is 24.7 Å². The zero-order chi connectivity index (χ0) is 20.3. The lowest BCUT2D eigenvalue weighted by molar-refractivity contribution is 0.102. The van der Waals surface area contributed by atoms with Crippen LogP contribution in [0.3, 0.4) is 0 Å². The minimum atomic E-state index is -0.502. The molecular weight excluding hydrogens is 377 g/mol. The average Bonchev–Trinajstić information content (AvgIpc) is 2.66. The quantitative estimate of drug-likeness (QED) is 0.520. The number of carbonyl (C=O) groups excluding carboxylic acids is 1. The van der Waals surface area contributed by atoms with Crippen molar-refractivity contribution in [2.24, 2.45) is 7.05 Å². The van der Waals surface area contributed by atoms with Gasteiger partial charge in [0.1, 0.15) is 11.4 Å². The van der Waals surface area contributed by atoms with Gasteiger partial charge in [-0.3, -0.25) is 14.2 Å². The first-order valence-corrected chi connectivity index (χ1v) is 9.65. The SMILES string of the molecule is Cc1ccc(NC(=O)c2cnc(SCc3cccc(F)c3)n(C)c2=O)cc1C. The molecule has 5 nitrogen and oxygen atoms in total. The number of carbonyl (C=O) groups is 1. The molecule has 0 saturated carbocycles. The number of amides is 1. The van der Waals surface area contributed by atoms with Crippen molar-refractivity contribution in [2.75, 3.05) is 5.32 Å². The number of thioether (sulfide) groups is 1. The molecule has 7 heteroatoms. The highest BCUT2D eigenvalue weighted by molar-refractivity contribution is 7.98. The third-order valence-corrected chi connectivity index (χ3v) is 5.51. The van der Waals surface area contributed by atoms with E-state index >= 15 is 0 Å². The molecule has 0 saturated heterocycles. The van der Waals surface area contributed by atoms with Crippen LogP contribution in [0.15, 0.2) is 58.6 Å². The van der Waals surface area contributed by atoms with E-state index in [0.717, 1.165) is 16.7 Å². The van der Waals surface area contributed by atoms with Crippen molar-refractivity contribution in [1.29, 1.82) is 0 Å². The Hall–Kier alpha value is -2.93. The van der Waals surface area contributed by atoms with Crippen molar-refractivity contribution in [3.05, 3.63) is 87.1 Å². The highest BCUT2D eigenvalue weighted by atomic mass is 32.2. The van der Waals surface area contributed by atoms with E-state index in [1.54, 1.807) is 25.2 Å². The van der Waals surface area contributed by atoms with Crippen molar-refractivity contribution in [3.8, 4) is 0 Å². The Morgan fingerprint density at radius 3 is 2.68 bits per heavy atom. The summed E-state index contributed by atoms with van der Waals surface area (Å²) in [7, 11) is 1.57. The maximum absolute atomic E-state index is 13.3. The molecule has 1 N–H and O–H groups in total. The second-order valence-corrected chi connectivity index (χ2v) is 7.43. The number of hydrogen-bond acceptors (Lipinski definition) is 4. The molecule has 144 valence electrons. The molecular formula is C21H20FN3O2S. The molecule has 3 rings (SSSR count). The van der Waals surface area contributed by atoms with Crippen LogP contribution < -0.4 is 10.9 Å². The molecule has 0 unspecified atom stereocenters. The Labute approximate surface area is 166 Å². The third-order valence-electron chi connectivity index (χ3n) is 4.39. The molecule has 1 heterocycles. The van der Waals surface area contributed by atoms with Crippen LogP contribution in [0.2, 0.25) is 0 Å². The third kappa shape index (κ3) is 4.48. The van der Waals surface area contributed by atoms with E-state index in [0.29, 0.717) is 16.6 Å².